The number of rotatable bonds is 3. The summed E-state index contributed by atoms with van der Waals surface area (Å²) < 4.78 is 0. The van der Waals surface area contributed by atoms with Crippen molar-refractivity contribution in [3.63, 3.8) is 0 Å². The largest absolute Gasteiger partial charge is 0.348 e. The van der Waals surface area contributed by atoms with E-state index in [1.807, 2.05) is 13.0 Å². The molecule has 1 aliphatic rings. The van der Waals surface area contributed by atoms with Crippen LogP contribution in [0.2, 0.25) is 10.0 Å². The first-order valence-corrected chi connectivity index (χ1v) is 7.73. The number of benzene rings is 1. The summed E-state index contributed by atoms with van der Waals surface area (Å²) >= 11 is 12.0. The lowest BCUT2D eigenvalue weighted by atomic mass is 9.81. The number of halogens is 2. The van der Waals surface area contributed by atoms with Gasteiger partial charge < -0.3 is 11.1 Å². The van der Waals surface area contributed by atoms with Crippen LogP contribution >= 0.6 is 23.2 Å². The molecule has 0 bridgehead atoms. The highest BCUT2D eigenvalue weighted by Crippen LogP contribution is 2.29. The van der Waals surface area contributed by atoms with E-state index in [9.17, 15) is 4.79 Å². The van der Waals surface area contributed by atoms with E-state index in [1.165, 1.54) is 0 Å². The lowest BCUT2D eigenvalue weighted by Gasteiger charge is -2.33. The molecule has 20 heavy (non-hydrogen) atoms. The first kappa shape index (κ1) is 15.6. The third-order valence-corrected chi connectivity index (χ3v) is 4.54. The van der Waals surface area contributed by atoms with Crippen LogP contribution in [0.5, 0.6) is 0 Å². The first-order valence-electron chi connectivity index (χ1n) is 6.97. The molecule has 1 unspecified atom stereocenters. The second kappa shape index (κ2) is 6.33. The van der Waals surface area contributed by atoms with Crippen LogP contribution in [0.4, 0.5) is 0 Å². The van der Waals surface area contributed by atoms with Gasteiger partial charge in [0.15, 0.2) is 0 Å². The molecule has 3 N–H and O–H groups in total. The van der Waals surface area contributed by atoms with Gasteiger partial charge in [-0.3, -0.25) is 4.79 Å². The van der Waals surface area contributed by atoms with E-state index in [4.69, 9.17) is 28.9 Å². The van der Waals surface area contributed by atoms with Crippen LogP contribution < -0.4 is 11.1 Å². The molecule has 0 aromatic heterocycles. The Morgan fingerprint density at radius 2 is 1.95 bits per heavy atom. The molecule has 1 aromatic rings. The second-order valence-corrected chi connectivity index (χ2v) is 6.42. The highest BCUT2D eigenvalue weighted by molar-refractivity contribution is 6.35. The predicted octanol–water partition coefficient (Wildman–Crippen LogP) is 3.83. The van der Waals surface area contributed by atoms with Crippen LogP contribution in [0.15, 0.2) is 18.2 Å². The molecule has 1 atom stereocenters. The normalized spacial score (nSPS) is 19.4. The lowest BCUT2D eigenvalue weighted by molar-refractivity contribution is -0.128. The summed E-state index contributed by atoms with van der Waals surface area (Å²) in [5.41, 5.74) is 6.35. The molecule has 0 saturated heterocycles. The average molecular weight is 315 g/mol. The van der Waals surface area contributed by atoms with Crippen molar-refractivity contribution in [2.75, 3.05) is 0 Å². The standard InChI is InChI=1S/C15H20Cl2N2O/c1-10(12-6-5-11(16)9-13(12)17)19-14(20)15(18)7-3-2-4-8-15/h5-6,9-10H,2-4,7-8,18H2,1H3,(H,19,20). The molecule has 5 heteroatoms. The Labute approximate surface area is 129 Å². The highest BCUT2D eigenvalue weighted by Gasteiger charge is 2.35. The Hall–Kier alpha value is -0.770. The molecular formula is C15H20Cl2N2O. The molecule has 1 saturated carbocycles. The van der Waals surface area contributed by atoms with E-state index in [2.05, 4.69) is 5.32 Å². The molecule has 1 fully saturated rings. The first-order chi connectivity index (χ1) is 9.42. The number of hydrogen-bond acceptors (Lipinski definition) is 2. The SMILES string of the molecule is CC(NC(=O)C1(N)CCCCC1)c1ccc(Cl)cc1Cl. The van der Waals surface area contributed by atoms with Crippen LogP contribution in [0.1, 0.15) is 50.6 Å². The Balaban J connectivity index is 2.07. The molecule has 0 spiro atoms. The number of carbonyl (C=O) groups excluding carboxylic acids is 1. The van der Waals surface area contributed by atoms with Crippen LogP contribution in [-0.4, -0.2) is 11.4 Å². The molecular weight excluding hydrogens is 295 g/mol. The van der Waals surface area contributed by atoms with Crippen LogP contribution in [0.25, 0.3) is 0 Å². The van der Waals surface area contributed by atoms with Crippen molar-refractivity contribution in [2.24, 2.45) is 5.73 Å². The average Bonchev–Trinajstić information content (AvgIpc) is 2.39. The summed E-state index contributed by atoms with van der Waals surface area (Å²) in [6, 6.07) is 5.10. The molecule has 110 valence electrons. The minimum Gasteiger partial charge on any atom is -0.348 e. The van der Waals surface area contributed by atoms with Crippen molar-refractivity contribution >= 4 is 29.1 Å². The van der Waals surface area contributed by atoms with Crippen molar-refractivity contribution in [1.29, 1.82) is 0 Å². The molecule has 1 aliphatic carbocycles. The second-order valence-electron chi connectivity index (χ2n) is 5.58. The molecule has 0 aliphatic heterocycles. The van der Waals surface area contributed by atoms with Gasteiger partial charge in [0.25, 0.3) is 0 Å². The summed E-state index contributed by atoms with van der Waals surface area (Å²) in [6.07, 6.45) is 4.69. The van der Waals surface area contributed by atoms with Crippen LogP contribution in [0, 0.1) is 0 Å². The van der Waals surface area contributed by atoms with Crippen LogP contribution in [0.3, 0.4) is 0 Å². The molecule has 2 rings (SSSR count). The maximum absolute atomic E-state index is 12.4. The molecule has 1 amide bonds. The van der Waals surface area contributed by atoms with E-state index in [-0.39, 0.29) is 11.9 Å². The topological polar surface area (TPSA) is 55.1 Å². The van der Waals surface area contributed by atoms with Crippen molar-refractivity contribution in [1.82, 2.24) is 5.32 Å². The molecule has 0 heterocycles. The van der Waals surface area contributed by atoms with Gasteiger partial charge in [-0.25, -0.2) is 0 Å². The maximum Gasteiger partial charge on any atom is 0.240 e. The van der Waals surface area contributed by atoms with Gasteiger partial charge in [0.1, 0.15) is 0 Å². The van der Waals surface area contributed by atoms with Gasteiger partial charge in [0.2, 0.25) is 5.91 Å². The third-order valence-electron chi connectivity index (χ3n) is 3.97. The van der Waals surface area contributed by atoms with Crippen molar-refractivity contribution in [3.05, 3.63) is 33.8 Å². The molecule has 1 aromatic carbocycles. The predicted molar refractivity (Wildman–Crippen MR) is 83.0 cm³/mol. The summed E-state index contributed by atoms with van der Waals surface area (Å²) in [6.45, 7) is 1.90. The molecule has 3 nitrogen and oxygen atoms in total. The van der Waals surface area contributed by atoms with Crippen LogP contribution in [-0.2, 0) is 4.79 Å². The number of amides is 1. The quantitative estimate of drug-likeness (QED) is 0.890. The minimum atomic E-state index is -0.731. The Morgan fingerprint density at radius 1 is 1.30 bits per heavy atom. The Bertz CT molecular complexity index is 499. The third kappa shape index (κ3) is 3.46. The fourth-order valence-corrected chi connectivity index (χ4v) is 3.25. The van der Waals surface area contributed by atoms with Gasteiger partial charge in [0.05, 0.1) is 11.6 Å². The maximum atomic E-state index is 12.4. The number of hydrogen-bond donors (Lipinski definition) is 2. The summed E-state index contributed by atoms with van der Waals surface area (Å²) in [7, 11) is 0. The number of carbonyl (C=O) groups is 1. The minimum absolute atomic E-state index is 0.0873. The van der Waals surface area contributed by atoms with E-state index >= 15 is 0 Å². The van der Waals surface area contributed by atoms with Gasteiger partial charge in [0, 0.05) is 10.0 Å². The van der Waals surface area contributed by atoms with Crippen molar-refractivity contribution < 1.29 is 4.79 Å². The monoisotopic (exact) mass is 314 g/mol. The Kier molecular flexibility index (Phi) is 4.95. The van der Waals surface area contributed by atoms with Gasteiger partial charge in [-0.1, -0.05) is 48.5 Å². The fraction of sp³-hybridized carbons (Fsp3) is 0.533. The van der Waals surface area contributed by atoms with Gasteiger partial charge in [-0.2, -0.15) is 0 Å². The number of nitrogens with two attached hydrogens (primary N) is 1. The lowest BCUT2D eigenvalue weighted by Crippen LogP contribution is -2.55. The molecule has 0 radical (unpaired) electrons. The zero-order chi connectivity index (χ0) is 14.8. The summed E-state index contributed by atoms with van der Waals surface area (Å²) in [4.78, 5) is 12.4. The van der Waals surface area contributed by atoms with Gasteiger partial charge >= 0.3 is 0 Å². The summed E-state index contributed by atoms with van der Waals surface area (Å²) in [5, 5.41) is 4.11. The highest BCUT2D eigenvalue weighted by atomic mass is 35.5. The van der Waals surface area contributed by atoms with E-state index < -0.39 is 5.54 Å². The van der Waals surface area contributed by atoms with Gasteiger partial charge in [-0.05, 0) is 37.5 Å². The fourth-order valence-electron chi connectivity index (χ4n) is 2.68. The van der Waals surface area contributed by atoms with E-state index in [0.717, 1.165) is 37.7 Å². The van der Waals surface area contributed by atoms with E-state index in [1.54, 1.807) is 12.1 Å². The zero-order valence-corrected chi connectivity index (χ0v) is 13.1. The van der Waals surface area contributed by atoms with Crippen molar-refractivity contribution in [2.45, 2.75) is 50.6 Å². The van der Waals surface area contributed by atoms with E-state index in [0.29, 0.717) is 10.0 Å². The Morgan fingerprint density at radius 3 is 2.55 bits per heavy atom. The van der Waals surface area contributed by atoms with Crippen molar-refractivity contribution in [3.8, 4) is 0 Å². The zero-order valence-electron chi connectivity index (χ0n) is 11.6. The summed E-state index contributed by atoms with van der Waals surface area (Å²) in [5.74, 6) is -0.0873. The van der Waals surface area contributed by atoms with Gasteiger partial charge in [-0.15, -0.1) is 0 Å². The number of nitrogens with one attached hydrogen (secondary N) is 1. The smallest absolute Gasteiger partial charge is 0.240 e.